The Labute approximate surface area is 171 Å². The summed E-state index contributed by atoms with van der Waals surface area (Å²) in [6.07, 6.45) is 1.77. The van der Waals surface area contributed by atoms with Crippen molar-refractivity contribution in [3.8, 4) is 5.75 Å². The van der Waals surface area contributed by atoms with Gasteiger partial charge in [0.1, 0.15) is 11.8 Å². The number of aryl methyl sites for hydroxylation is 1. The first-order valence-corrected chi connectivity index (χ1v) is 10.00. The van der Waals surface area contributed by atoms with Crippen LogP contribution in [0.2, 0.25) is 0 Å². The molecule has 0 radical (unpaired) electrons. The standard InChI is InChI=1S/C23H29N3O3/c1-14(2)21(26-22(27)16-5-8-18(29-3)9-6-16)23(28)25-20-11-7-17-12-15(13-24)4-10-19(17)20/h4-6,8-10,12,14,20-21H,7,11,13,24H2,1-3H3,(H,25,28)(H,26,27). The molecular formula is C23H29N3O3. The highest BCUT2D eigenvalue weighted by molar-refractivity contribution is 5.97. The third kappa shape index (κ3) is 4.77. The topological polar surface area (TPSA) is 93.4 Å². The molecular weight excluding hydrogens is 366 g/mol. The molecule has 0 bridgehead atoms. The van der Waals surface area contributed by atoms with E-state index in [1.165, 1.54) is 5.56 Å². The number of ether oxygens (including phenoxy) is 1. The van der Waals surface area contributed by atoms with Gasteiger partial charge in [-0.1, -0.05) is 32.0 Å². The van der Waals surface area contributed by atoms with E-state index >= 15 is 0 Å². The third-order valence-corrected chi connectivity index (χ3v) is 5.43. The minimum Gasteiger partial charge on any atom is -0.497 e. The summed E-state index contributed by atoms with van der Waals surface area (Å²) < 4.78 is 5.12. The lowest BCUT2D eigenvalue weighted by Gasteiger charge is -2.24. The Bertz CT molecular complexity index is 877. The van der Waals surface area contributed by atoms with Crippen LogP contribution >= 0.6 is 0 Å². The summed E-state index contributed by atoms with van der Waals surface area (Å²) in [6, 6.07) is 12.4. The van der Waals surface area contributed by atoms with Crippen molar-refractivity contribution in [1.29, 1.82) is 0 Å². The number of methoxy groups -OCH3 is 1. The molecule has 29 heavy (non-hydrogen) atoms. The fraction of sp³-hybridized carbons (Fsp3) is 0.391. The molecule has 3 rings (SSSR count). The van der Waals surface area contributed by atoms with Crippen LogP contribution in [0.15, 0.2) is 42.5 Å². The van der Waals surface area contributed by atoms with Gasteiger partial charge in [0.25, 0.3) is 5.91 Å². The first-order valence-electron chi connectivity index (χ1n) is 10.00. The van der Waals surface area contributed by atoms with Gasteiger partial charge in [-0.3, -0.25) is 9.59 Å². The van der Waals surface area contributed by atoms with Crippen LogP contribution in [0.25, 0.3) is 0 Å². The monoisotopic (exact) mass is 395 g/mol. The van der Waals surface area contributed by atoms with Crippen LogP contribution in [0, 0.1) is 5.92 Å². The molecule has 0 saturated carbocycles. The average Bonchev–Trinajstić information content (AvgIpc) is 3.13. The number of benzene rings is 2. The maximum absolute atomic E-state index is 13.0. The first-order chi connectivity index (χ1) is 13.9. The Balaban J connectivity index is 1.68. The van der Waals surface area contributed by atoms with E-state index in [0.29, 0.717) is 17.9 Å². The molecule has 2 unspecified atom stereocenters. The highest BCUT2D eigenvalue weighted by atomic mass is 16.5. The van der Waals surface area contributed by atoms with Crippen molar-refractivity contribution < 1.29 is 14.3 Å². The molecule has 2 atom stereocenters. The number of amides is 2. The summed E-state index contributed by atoms with van der Waals surface area (Å²) in [5.74, 6) is 0.193. The number of rotatable bonds is 7. The quantitative estimate of drug-likeness (QED) is 0.672. The zero-order chi connectivity index (χ0) is 21.0. The molecule has 0 aliphatic heterocycles. The van der Waals surface area contributed by atoms with Crippen LogP contribution in [0.5, 0.6) is 5.75 Å². The predicted octanol–water partition coefficient (Wildman–Crippen LogP) is 2.71. The number of hydrogen-bond donors (Lipinski definition) is 3. The highest BCUT2D eigenvalue weighted by Gasteiger charge is 2.30. The van der Waals surface area contributed by atoms with Crippen molar-refractivity contribution >= 4 is 11.8 Å². The molecule has 6 nitrogen and oxygen atoms in total. The summed E-state index contributed by atoms with van der Waals surface area (Å²) in [5.41, 5.74) is 9.69. The molecule has 2 aromatic rings. The number of hydrogen-bond acceptors (Lipinski definition) is 4. The number of carbonyl (C=O) groups is 2. The number of nitrogens with one attached hydrogen (secondary N) is 2. The van der Waals surface area contributed by atoms with Crippen LogP contribution < -0.4 is 21.1 Å². The molecule has 1 aliphatic rings. The minimum atomic E-state index is -0.614. The van der Waals surface area contributed by atoms with Gasteiger partial charge in [0.15, 0.2) is 0 Å². The van der Waals surface area contributed by atoms with E-state index in [9.17, 15) is 9.59 Å². The van der Waals surface area contributed by atoms with Crippen LogP contribution in [0.1, 0.15) is 53.4 Å². The third-order valence-electron chi connectivity index (χ3n) is 5.43. The normalized spacial score (nSPS) is 16.2. The van der Waals surface area contributed by atoms with Crippen molar-refractivity contribution in [2.24, 2.45) is 11.7 Å². The summed E-state index contributed by atoms with van der Waals surface area (Å²) in [6.45, 7) is 4.36. The summed E-state index contributed by atoms with van der Waals surface area (Å²) in [4.78, 5) is 25.6. The molecule has 2 amide bonds. The SMILES string of the molecule is COc1ccc(C(=O)NC(C(=O)NC2CCc3cc(CN)ccc32)C(C)C)cc1. The number of fused-ring (bicyclic) bond motifs is 1. The molecule has 0 saturated heterocycles. The average molecular weight is 396 g/mol. The molecule has 154 valence electrons. The number of carbonyl (C=O) groups excluding carboxylic acids is 2. The molecule has 1 aliphatic carbocycles. The maximum atomic E-state index is 13.0. The van der Waals surface area contributed by atoms with E-state index in [2.05, 4.69) is 22.8 Å². The summed E-state index contributed by atoms with van der Waals surface area (Å²) >= 11 is 0. The zero-order valence-electron chi connectivity index (χ0n) is 17.2. The van der Waals surface area contributed by atoms with Crippen molar-refractivity contribution in [1.82, 2.24) is 10.6 Å². The summed E-state index contributed by atoms with van der Waals surface area (Å²) in [7, 11) is 1.58. The Morgan fingerprint density at radius 2 is 1.90 bits per heavy atom. The van der Waals surface area contributed by atoms with E-state index < -0.39 is 6.04 Å². The van der Waals surface area contributed by atoms with Gasteiger partial charge in [0, 0.05) is 12.1 Å². The van der Waals surface area contributed by atoms with Crippen molar-refractivity contribution in [2.75, 3.05) is 7.11 Å². The lowest BCUT2D eigenvalue weighted by atomic mass is 10.0. The number of nitrogens with two attached hydrogens (primary N) is 1. The fourth-order valence-corrected chi connectivity index (χ4v) is 3.71. The van der Waals surface area contributed by atoms with Gasteiger partial charge in [-0.2, -0.15) is 0 Å². The fourth-order valence-electron chi connectivity index (χ4n) is 3.71. The maximum Gasteiger partial charge on any atom is 0.251 e. The van der Waals surface area contributed by atoms with Crippen molar-refractivity contribution in [3.05, 3.63) is 64.7 Å². The van der Waals surface area contributed by atoms with Crippen molar-refractivity contribution in [3.63, 3.8) is 0 Å². The van der Waals surface area contributed by atoms with Gasteiger partial charge in [0.05, 0.1) is 13.2 Å². The molecule has 4 N–H and O–H groups in total. The molecule has 6 heteroatoms. The smallest absolute Gasteiger partial charge is 0.251 e. The Hall–Kier alpha value is -2.86. The largest absolute Gasteiger partial charge is 0.497 e. The Kier molecular flexibility index (Phi) is 6.54. The molecule has 0 aromatic heterocycles. The van der Waals surface area contributed by atoms with Gasteiger partial charge in [-0.15, -0.1) is 0 Å². The predicted molar refractivity (Wildman–Crippen MR) is 113 cm³/mol. The van der Waals surface area contributed by atoms with Crippen LogP contribution in [-0.4, -0.2) is 25.0 Å². The Morgan fingerprint density at radius 1 is 1.17 bits per heavy atom. The van der Waals surface area contributed by atoms with Crippen molar-refractivity contribution in [2.45, 2.75) is 45.3 Å². The zero-order valence-corrected chi connectivity index (χ0v) is 17.2. The van der Waals surface area contributed by atoms with E-state index in [-0.39, 0.29) is 23.8 Å². The molecule has 0 fully saturated rings. The highest BCUT2D eigenvalue weighted by Crippen LogP contribution is 2.32. The van der Waals surface area contributed by atoms with Gasteiger partial charge in [-0.05, 0) is 59.7 Å². The van der Waals surface area contributed by atoms with Crippen LogP contribution in [0.3, 0.4) is 0 Å². The second-order valence-corrected chi connectivity index (χ2v) is 7.76. The Morgan fingerprint density at radius 3 is 2.52 bits per heavy atom. The van der Waals surface area contributed by atoms with Crippen LogP contribution in [-0.2, 0) is 17.8 Å². The van der Waals surface area contributed by atoms with Gasteiger partial charge in [0.2, 0.25) is 5.91 Å². The molecule has 2 aromatic carbocycles. The van der Waals surface area contributed by atoms with Gasteiger partial charge in [-0.25, -0.2) is 0 Å². The van der Waals surface area contributed by atoms with E-state index in [0.717, 1.165) is 24.0 Å². The van der Waals surface area contributed by atoms with Crippen LogP contribution in [0.4, 0.5) is 0 Å². The first kappa shape index (κ1) is 20.9. The minimum absolute atomic E-state index is 0.0385. The van der Waals surface area contributed by atoms with E-state index in [1.54, 1.807) is 31.4 Å². The molecule has 0 heterocycles. The van der Waals surface area contributed by atoms with Gasteiger partial charge >= 0.3 is 0 Å². The van der Waals surface area contributed by atoms with E-state index in [4.69, 9.17) is 10.5 Å². The van der Waals surface area contributed by atoms with E-state index in [1.807, 2.05) is 19.9 Å². The molecule has 0 spiro atoms. The summed E-state index contributed by atoms with van der Waals surface area (Å²) in [5, 5.41) is 6.00. The lowest BCUT2D eigenvalue weighted by Crippen LogP contribution is -2.50. The van der Waals surface area contributed by atoms with Gasteiger partial charge < -0.3 is 21.1 Å². The second-order valence-electron chi connectivity index (χ2n) is 7.76. The second kappa shape index (κ2) is 9.09. The lowest BCUT2D eigenvalue weighted by molar-refractivity contribution is -0.124.